The number of carbonyl (C=O) groups excluding carboxylic acids is 1. The van der Waals surface area contributed by atoms with E-state index in [1.807, 2.05) is 0 Å². The summed E-state index contributed by atoms with van der Waals surface area (Å²) in [4.78, 5) is 16.7. The summed E-state index contributed by atoms with van der Waals surface area (Å²) in [6.07, 6.45) is -7.70. The van der Waals surface area contributed by atoms with Crippen molar-refractivity contribution in [2.75, 3.05) is 25.1 Å². The summed E-state index contributed by atoms with van der Waals surface area (Å²) < 4.78 is 98.7. The van der Waals surface area contributed by atoms with E-state index in [1.54, 1.807) is 13.8 Å². The molecule has 2 aromatic rings. The number of anilines is 2. The Labute approximate surface area is 197 Å². The molecule has 2 N–H and O–H groups in total. The van der Waals surface area contributed by atoms with Gasteiger partial charge in [0, 0.05) is 26.0 Å². The highest BCUT2D eigenvalue weighted by molar-refractivity contribution is 5.96. The SMILES string of the molecule is CC(C)c1cc(Nc2cc(C(F)(F)F)cc(C(F)(F)F)c2F)ncc1C(=O)NCC1CCOCC1. The molecule has 1 aliphatic heterocycles. The van der Waals surface area contributed by atoms with E-state index < -0.39 is 40.9 Å². The van der Waals surface area contributed by atoms with Crippen molar-refractivity contribution in [1.29, 1.82) is 0 Å². The van der Waals surface area contributed by atoms with E-state index >= 15 is 0 Å². The minimum atomic E-state index is -5.34. The fourth-order valence-corrected chi connectivity index (χ4v) is 3.71. The molecule has 0 bridgehead atoms. The summed E-state index contributed by atoms with van der Waals surface area (Å²) in [6, 6.07) is 1.27. The van der Waals surface area contributed by atoms with Gasteiger partial charge < -0.3 is 15.4 Å². The number of hydrogen-bond acceptors (Lipinski definition) is 4. The average Bonchev–Trinajstić information content (AvgIpc) is 2.77. The van der Waals surface area contributed by atoms with E-state index in [9.17, 15) is 35.5 Å². The quantitative estimate of drug-likeness (QED) is 0.452. The van der Waals surface area contributed by atoms with E-state index in [0.717, 1.165) is 19.0 Å². The van der Waals surface area contributed by atoms with Gasteiger partial charge in [0.15, 0.2) is 5.82 Å². The molecule has 1 fully saturated rings. The molecule has 0 saturated carbocycles. The number of aromatic nitrogens is 1. The standard InChI is InChI=1S/C23H24F7N3O2/c1-12(2)15-9-19(31-11-16(15)21(34)32-10-13-3-5-35-6-4-13)33-18-8-14(22(25,26)27)7-17(20(18)24)23(28,29)30/h7-9,11-13H,3-6,10H2,1-2H3,(H,31,33)(H,32,34). The number of nitrogens with zero attached hydrogens (tertiary/aromatic N) is 1. The Morgan fingerprint density at radius 1 is 1.09 bits per heavy atom. The summed E-state index contributed by atoms with van der Waals surface area (Å²) in [5.74, 6) is -2.50. The van der Waals surface area contributed by atoms with Crippen LogP contribution < -0.4 is 10.6 Å². The largest absolute Gasteiger partial charge is 0.419 e. The molecule has 1 amide bonds. The first kappa shape index (κ1) is 26.7. The van der Waals surface area contributed by atoms with Crippen molar-refractivity contribution >= 4 is 17.4 Å². The van der Waals surface area contributed by atoms with Crippen LogP contribution in [0.1, 0.15) is 59.7 Å². The molecule has 0 radical (unpaired) electrons. The topological polar surface area (TPSA) is 63.2 Å². The summed E-state index contributed by atoms with van der Waals surface area (Å²) in [7, 11) is 0. The summed E-state index contributed by atoms with van der Waals surface area (Å²) in [6.45, 7) is 5.15. The third kappa shape index (κ3) is 6.62. The molecule has 0 atom stereocenters. The lowest BCUT2D eigenvalue weighted by Crippen LogP contribution is -2.32. The molecule has 5 nitrogen and oxygen atoms in total. The molecule has 12 heteroatoms. The Balaban J connectivity index is 1.89. The first-order valence-corrected chi connectivity index (χ1v) is 10.9. The van der Waals surface area contributed by atoms with E-state index in [0.29, 0.717) is 25.3 Å². The Hall–Kier alpha value is -2.89. The lowest BCUT2D eigenvalue weighted by Gasteiger charge is -2.22. The maximum atomic E-state index is 14.5. The first-order chi connectivity index (χ1) is 16.3. The van der Waals surface area contributed by atoms with E-state index in [1.165, 1.54) is 6.07 Å². The molecule has 0 aliphatic carbocycles. The number of amides is 1. The predicted octanol–water partition coefficient (Wildman–Crippen LogP) is 6.28. The van der Waals surface area contributed by atoms with Crippen molar-refractivity contribution in [1.82, 2.24) is 10.3 Å². The van der Waals surface area contributed by atoms with Gasteiger partial charge in [0.05, 0.1) is 22.4 Å². The van der Waals surface area contributed by atoms with Crippen molar-refractivity contribution in [2.45, 2.75) is 45.0 Å². The normalized spacial score (nSPS) is 15.4. The minimum absolute atomic E-state index is 0.207. The van der Waals surface area contributed by atoms with E-state index in [-0.39, 0.29) is 35.3 Å². The molecule has 2 heterocycles. The number of pyridine rings is 1. The fourth-order valence-electron chi connectivity index (χ4n) is 3.71. The summed E-state index contributed by atoms with van der Waals surface area (Å²) in [5.41, 5.74) is -4.11. The number of halogens is 7. The van der Waals surface area contributed by atoms with Crippen LogP contribution in [0.4, 0.5) is 42.2 Å². The number of nitrogens with one attached hydrogen (secondary N) is 2. The van der Waals surface area contributed by atoms with Crippen LogP contribution in [-0.2, 0) is 17.1 Å². The summed E-state index contributed by atoms with van der Waals surface area (Å²) in [5, 5.41) is 5.04. The van der Waals surface area contributed by atoms with Crippen molar-refractivity contribution < 1.29 is 40.3 Å². The van der Waals surface area contributed by atoms with Crippen LogP contribution in [0.2, 0.25) is 0 Å². The van der Waals surface area contributed by atoms with Gasteiger partial charge in [-0.3, -0.25) is 4.79 Å². The van der Waals surface area contributed by atoms with Gasteiger partial charge in [-0.25, -0.2) is 9.37 Å². The Morgan fingerprint density at radius 3 is 2.31 bits per heavy atom. The van der Waals surface area contributed by atoms with Gasteiger partial charge in [0.25, 0.3) is 5.91 Å². The third-order valence-corrected chi connectivity index (χ3v) is 5.66. The van der Waals surface area contributed by atoms with Gasteiger partial charge in [-0.1, -0.05) is 13.8 Å². The summed E-state index contributed by atoms with van der Waals surface area (Å²) >= 11 is 0. The smallest absolute Gasteiger partial charge is 0.381 e. The molecule has 1 saturated heterocycles. The van der Waals surface area contributed by atoms with E-state index in [4.69, 9.17) is 4.74 Å². The monoisotopic (exact) mass is 507 g/mol. The Kier molecular flexibility index (Phi) is 7.93. The second-order valence-electron chi connectivity index (χ2n) is 8.58. The molecule has 0 spiro atoms. The highest BCUT2D eigenvalue weighted by atomic mass is 19.4. The maximum Gasteiger partial charge on any atom is 0.419 e. The number of rotatable bonds is 6. The third-order valence-electron chi connectivity index (χ3n) is 5.66. The lowest BCUT2D eigenvalue weighted by molar-refractivity contribution is -0.144. The van der Waals surface area contributed by atoms with Gasteiger partial charge in [-0.2, -0.15) is 26.3 Å². The zero-order chi connectivity index (χ0) is 26.0. The second kappa shape index (κ2) is 10.4. The van der Waals surface area contributed by atoms with Crippen LogP contribution in [0.5, 0.6) is 0 Å². The number of benzene rings is 1. The highest BCUT2D eigenvalue weighted by Crippen LogP contribution is 2.40. The van der Waals surface area contributed by atoms with Gasteiger partial charge in [-0.15, -0.1) is 0 Å². The molecular weight excluding hydrogens is 483 g/mol. The van der Waals surface area contributed by atoms with Gasteiger partial charge in [0.2, 0.25) is 0 Å². The minimum Gasteiger partial charge on any atom is -0.381 e. The van der Waals surface area contributed by atoms with Crippen LogP contribution in [0.25, 0.3) is 0 Å². The molecule has 1 aromatic carbocycles. The van der Waals surface area contributed by atoms with Crippen LogP contribution in [0.15, 0.2) is 24.4 Å². The molecule has 0 unspecified atom stereocenters. The zero-order valence-corrected chi connectivity index (χ0v) is 18.9. The highest BCUT2D eigenvalue weighted by Gasteiger charge is 2.40. The predicted molar refractivity (Wildman–Crippen MR) is 114 cm³/mol. The zero-order valence-electron chi connectivity index (χ0n) is 18.9. The van der Waals surface area contributed by atoms with Crippen LogP contribution in [0.3, 0.4) is 0 Å². The van der Waals surface area contributed by atoms with Gasteiger partial charge in [0.1, 0.15) is 5.82 Å². The fraction of sp³-hybridized carbons (Fsp3) is 0.478. The average molecular weight is 507 g/mol. The van der Waals surface area contributed by atoms with Crippen molar-refractivity contribution in [3.8, 4) is 0 Å². The van der Waals surface area contributed by atoms with Crippen LogP contribution in [-0.4, -0.2) is 30.6 Å². The molecule has 192 valence electrons. The van der Waals surface area contributed by atoms with Crippen LogP contribution >= 0.6 is 0 Å². The van der Waals surface area contributed by atoms with Gasteiger partial charge >= 0.3 is 12.4 Å². The number of carbonyl (C=O) groups is 1. The number of ether oxygens (including phenoxy) is 1. The molecule has 3 rings (SSSR count). The Bertz CT molecular complexity index is 1060. The number of hydrogen-bond donors (Lipinski definition) is 2. The maximum absolute atomic E-state index is 14.5. The Morgan fingerprint density at radius 2 is 1.74 bits per heavy atom. The molecule has 35 heavy (non-hydrogen) atoms. The molecular formula is C23H24F7N3O2. The lowest BCUT2D eigenvalue weighted by atomic mass is 9.97. The van der Waals surface area contributed by atoms with Crippen LogP contribution in [0, 0.1) is 11.7 Å². The number of alkyl halides is 6. The first-order valence-electron chi connectivity index (χ1n) is 10.9. The molecule has 1 aliphatic rings. The van der Waals surface area contributed by atoms with E-state index in [2.05, 4.69) is 15.6 Å². The second-order valence-corrected chi connectivity index (χ2v) is 8.58. The molecule has 1 aromatic heterocycles. The van der Waals surface area contributed by atoms with Crippen molar-refractivity contribution in [3.05, 3.63) is 52.5 Å². The van der Waals surface area contributed by atoms with Crippen molar-refractivity contribution in [2.24, 2.45) is 5.92 Å². The van der Waals surface area contributed by atoms with Gasteiger partial charge in [-0.05, 0) is 48.4 Å². The van der Waals surface area contributed by atoms with Crippen molar-refractivity contribution in [3.63, 3.8) is 0 Å².